The molecule has 0 unspecified atom stereocenters. The van der Waals surface area contributed by atoms with Gasteiger partial charge in [-0.25, -0.2) is 0 Å². The zero-order valence-electron chi connectivity index (χ0n) is 9.00. The van der Waals surface area contributed by atoms with Gasteiger partial charge in [-0.3, -0.25) is 5.10 Å². The Morgan fingerprint density at radius 3 is 3.12 bits per heavy atom. The van der Waals surface area contributed by atoms with Gasteiger partial charge in [-0.2, -0.15) is 5.10 Å². The van der Waals surface area contributed by atoms with Crippen molar-refractivity contribution >= 4 is 26.8 Å². The van der Waals surface area contributed by atoms with Crippen molar-refractivity contribution < 1.29 is 5.11 Å². The van der Waals surface area contributed by atoms with Crippen LogP contribution in [0.1, 0.15) is 23.5 Å². The zero-order chi connectivity index (χ0) is 11.3. The van der Waals surface area contributed by atoms with Crippen LogP contribution in [0.2, 0.25) is 0 Å². The normalized spacial score (nSPS) is 23.9. The minimum Gasteiger partial charge on any atom is -0.396 e. The van der Waals surface area contributed by atoms with Crippen molar-refractivity contribution in [2.24, 2.45) is 5.92 Å². The third-order valence-corrected chi connectivity index (χ3v) is 4.31. The molecule has 1 saturated carbocycles. The predicted octanol–water partition coefficient (Wildman–Crippen LogP) is 2.73. The van der Waals surface area contributed by atoms with Crippen LogP contribution in [-0.2, 0) is 0 Å². The monoisotopic (exact) mass is 280 g/mol. The van der Waals surface area contributed by atoms with E-state index in [2.05, 4.69) is 39.1 Å². The number of nitrogens with zero attached hydrogens (tertiary/aromatic N) is 1. The van der Waals surface area contributed by atoms with Crippen molar-refractivity contribution in [3.8, 4) is 0 Å². The number of hydrogen-bond donors (Lipinski definition) is 2. The van der Waals surface area contributed by atoms with E-state index in [4.69, 9.17) is 5.11 Å². The molecule has 0 radical (unpaired) electrons. The Hall–Kier alpha value is -0.870. The first-order valence-corrected chi connectivity index (χ1v) is 6.24. The lowest BCUT2D eigenvalue weighted by molar-refractivity contribution is 0.274. The highest BCUT2D eigenvalue weighted by molar-refractivity contribution is 9.10. The number of fused-ring (bicyclic) bond motifs is 1. The maximum atomic E-state index is 9.16. The Labute approximate surface area is 102 Å². The molecule has 0 saturated heterocycles. The van der Waals surface area contributed by atoms with Crippen molar-refractivity contribution in [2.75, 3.05) is 6.61 Å². The molecule has 1 aliphatic rings. The average molecular weight is 281 g/mol. The Balaban J connectivity index is 2.16. The molecule has 0 amide bonds. The molecule has 1 aliphatic carbocycles. The lowest BCUT2D eigenvalue weighted by atomic mass is 10.0. The zero-order valence-corrected chi connectivity index (χ0v) is 10.6. The molecule has 0 spiro atoms. The van der Waals surface area contributed by atoms with Gasteiger partial charge in [-0.1, -0.05) is 0 Å². The van der Waals surface area contributed by atoms with Crippen LogP contribution < -0.4 is 0 Å². The van der Waals surface area contributed by atoms with Crippen molar-refractivity contribution in [3.63, 3.8) is 0 Å². The summed E-state index contributed by atoms with van der Waals surface area (Å²) in [6, 6.07) is 2.13. The van der Waals surface area contributed by atoms with Crippen LogP contribution >= 0.6 is 15.9 Å². The van der Waals surface area contributed by atoms with Crippen LogP contribution in [0, 0.1) is 12.8 Å². The van der Waals surface area contributed by atoms with E-state index in [0.29, 0.717) is 18.4 Å². The molecule has 3 rings (SSSR count). The van der Waals surface area contributed by atoms with E-state index in [-0.39, 0.29) is 0 Å². The molecule has 2 aromatic rings. The number of hydrogen-bond acceptors (Lipinski definition) is 2. The maximum Gasteiger partial charge on any atom is 0.0664 e. The van der Waals surface area contributed by atoms with Gasteiger partial charge in [0.05, 0.1) is 11.7 Å². The van der Waals surface area contributed by atoms with E-state index in [1.807, 2.05) is 6.20 Å². The minimum atomic E-state index is 0.292. The molecule has 3 nitrogen and oxygen atoms in total. The van der Waals surface area contributed by atoms with Crippen LogP contribution in [0.5, 0.6) is 0 Å². The van der Waals surface area contributed by atoms with Gasteiger partial charge in [0.25, 0.3) is 0 Å². The van der Waals surface area contributed by atoms with Crippen LogP contribution in [-0.4, -0.2) is 21.9 Å². The van der Waals surface area contributed by atoms with E-state index in [1.165, 1.54) is 11.1 Å². The summed E-state index contributed by atoms with van der Waals surface area (Å²) in [7, 11) is 0. The summed E-state index contributed by atoms with van der Waals surface area (Å²) in [4.78, 5) is 0. The second kappa shape index (κ2) is 3.57. The Bertz CT molecular complexity index is 549. The average Bonchev–Trinajstić information content (AvgIpc) is 2.87. The predicted molar refractivity (Wildman–Crippen MR) is 66.5 cm³/mol. The largest absolute Gasteiger partial charge is 0.396 e. The van der Waals surface area contributed by atoms with Gasteiger partial charge in [-0.15, -0.1) is 0 Å². The van der Waals surface area contributed by atoms with Crippen LogP contribution in [0.25, 0.3) is 10.9 Å². The standard InChI is InChI=1S/C12H13BrN2O/c1-6-2-10-9(4-14-15-10)12(13)11(6)8-3-7(8)5-16/h2,4,7-8,16H,3,5H2,1H3,(H,14,15)/t7-,8-/m1/s1. The number of benzene rings is 1. The second-order valence-corrected chi connectivity index (χ2v) is 5.33. The van der Waals surface area contributed by atoms with Gasteiger partial charge >= 0.3 is 0 Å². The molecule has 2 N–H and O–H groups in total. The van der Waals surface area contributed by atoms with Gasteiger partial charge < -0.3 is 5.11 Å². The number of aromatic nitrogens is 2. The third kappa shape index (κ3) is 1.40. The Morgan fingerprint density at radius 2 is 2.44 bits per heavy atom. The third-order valence-electron chi connectivity index (χ3n) is 3.46. The number of aliphatic hydroxyl groups is 1. The van der Waals surface area contributed by atoms with Crippen molar-refractivity contribution in [1.29, 1.82) is 0 Å². The fourth-order valence-corrected chi connectivity index (χ4v) is 3.37. The first-order valence-electron chi connectivity index (χ1n) is 5.45. The van der Waals surface area contributed by atoms with Crippen LogP contribution in [0.3, 0.4) is 0 Å². The fraction of sp³-hybridized carbons (Fsp3) is 0.417. The minimum absolute atomic E-state index is 0.292. The van der Waals surface area contributed by atoms with Crippen molar-refractivity contribution in [3.05, 3.63) is 27.9 Å². The molecular weight excluding hydrogens is 268 g/mol. The second-order valence-electron chi connectivity index (χ2n) is 4.54. The van der Waals surface area contributed by atoms with E-state index in [1.54, 1.807) is 0 Å². The molecule has 1 aromatic heterocycles. The van der Waals surface area contributed by atoms with Gasteiger partial charge in [0, 0.05) is 16.5 Å². The number of aromatic amines is 1. The summed E-state index contributed by atoms with van der Waals surface area (Å²) in [6.07, 6.45) is 2.94. The number of aliphatic hydroxyl groups excluding tert-OH is 1. The molecule has 4 heteroatoms. The van der Waals surface area contributed by atoms with E-state index < -0.39 is 0 Å². The molecule has 1 aromatic carbocycles. The lowest BCUT2D eigenvalue weighted by Gasteiger charge is -2.09. The smallest absolute Gasteiger partial charge is 0.0664 e. The number of rotatable bonds is 2. The van der Waals surface area contributed by atoms with Gasteiger partial charge in [0.1, 0.15) is 0 Å². The summed E-state index contributed by atoms with van der Waals surface area (Å²) < 4.78 is 1.14. The van der Waals surface area contributed by atoms with Crippen LogP contribution in [0.15, 0.2) is 16.7 Å². The van der Waals surface area contributed by atoms with Crippen molar-refractivity contribution in [1.82, 2.24) is 10.2 Å². The molecule has 1 fully saturated rings. The highest BCUT2D eigenvalue weighted by Crippen LogP contribution is 2.51. The molecule has 2 atom stereocenters. The van der Waals surface area contributed by atoms with Gasteiger partial charge in [-0.05, 0) is 58.3 Å². The molecule has 84 valence electrons. The highest BCUT2D eigenvalue weighted by atomic mass is 79.9. The van der Waals surface area contributed by atoms with Crippen molar-refractivity contribution in [2.45, 2.75) is 19.3 Å². The maximum absolute atomic E-state index is 9.16. The number of H-pyrrole nitrogens is 1. The summed E-state index contributed by atoms with van der Waals surface area (Å²) in [5.41, 5.74) is 3.67. The summed E-state index contributed by atoms with van der Waals surface area (Å²) in [5.74, 6) is 0.957. The molecule has 0 aliphatic heterocycles. The van der Waals surface area contributed by atoms with Crippen LogP contribution in [0.4, 0.5) is 0 Å². The van der Waals surface area contributed by atoms with Gasteiger partial charge in [0.15, 0.2) is 0 Å². The summed E-state index contributed by atoms with van der Waals surface area (Å²) >= 11 is 3.67. The Kier molecular flexibility index (Phi) is 2.30. The molecular formula is C12H13BrN2O. The lowest BCUT2D eigenvalue weighted by Crippen LogP contribution is -1.94. The molecule has 16 heavy (non-hydrogen) atoms. The highest BCUT2D eigenvalue weighted by Gasteiger charge is 2.39. The first kappa shape index (κ1) is 10.3. The quantitative estimate of drug-likeness (QED) is 0.889. The fourth-order valence-electron chi connectivity index (χ4n) is 2.45. The van der Waals surface area contributed by atoms with E-state index in [0.717, 1.165) is 21.8 Å². The SMILES string of the molecule is Cc1cc2[nH]ncc2c(Br)c1[C@@H]1C[C@@H]1CO. The summed E-state index contributed by atoms with van der Waals surface area (Å²) in [6.45, 7) is 2.41. The van der Waals surface area contributed by atoms with E-state index in [9.17, 15) is 0 Å². The number of aryl methyl sites for hydroxylation is 1. The summed E-state index contributed by atoms with van der Waals surface area (Å²) in [5, 5.41) is 17.3. The topological polar surface area (TPSA) is 48.9 Å². The molecule has 1 heterocycles. The van der Waals surface area contributed by atoms with E-state index >= 15 is 0 Å². The number of halogens is 1. The molecule has 0 bridgehead atoms. The van der Waals surface area contributed by atoms with Gasteiger partial charge in [0.2, 0.25) is 0 Å². The number of nitrogens with one attached hydrogen (secondary N) is 1. The first-order chi connectivity index (χ1) is 7.72. The Morgan fingerprint density at radius 1 is 1.62 bits per heavy atom.